The molecule has 3 rings (SSSR count). The Hall–Kier alpha value is -3.60. The van der Waals surface area contributed by atoms with E-state index >= 15 is 0 Å². The molecule has 0 bridgehead atoms. The van der Waals surface area contributed by atoms with E-state index in [-0.39, 0.29) is 23.1 Å². The van der Waals surface area contributed by atoms with E-state index in [9.17, 15) is 19.7 Å². The maximum Gasteiger partial charge on any atom is 0.344 e. The van der Waals surface area contributed by atoms with Crippen LogP contribution >= 0.6 is 15.9 Å². The number of hydrogen-bond acceptors (Lipinski definition) is 8. The Balaban J connectivity index is 1.89. The molecule has 2 aromatic carbocycles. The number of aryl methyl sites for hydroxylation is 1. The average molecular weight is 503 g/mol. The second-order valence-corrected chi connectivity index (χ2v) is 7.91. The van der Waals surface area contributed by atoms with Crippen LogP contribution < -0.4 is 10.3 Å². The van der Waals surface area contributed by atoms with Gasteiger partial charge in [0.05, 0.1) is 28.1 Å². The van der Waals surface area contributed by atoms with Gasteiger partial charge in [-0.2, -0.15) is 9.78 Å². The highest BCUT2D eigenvalue weighted by atomic mass is 79.9. The first-order chi connectivity index (χ1) is 15.2. The third kappa shape index (κ3) is 5.35. The summed E-state index contributed by atoms with van der Waals surface area (Å²) in [5.41, 5.74) is 0.170. The van der Waals surface area contributed by atoms with Crippen molar-refractivity contribution in [3.63, 3.8) is 0 Å². The zero-order valence-corrected chi connectivity index (χ0v) is 19.0. The van der Waals surface area contributed by atoms with Crippen molar-refractivity contribution in [3.05, 3.63) is 72.7 Å². The van der Waals surface area contributed by atoms with Crippen molar-refractivity contribution in [1.29, 1.82) is 0 Å². The summed E-state index contributed by atoms with van der Waals surface area (Å²) in [6.45, 7) is 4.55. The van der Waals surface area contributed by atoms with Gasteiger partial charge in [-0.05, 0) is 51.1 Å². The number of fused-ring (bicyclic) bond motifs is 1. The predicted octanol–water partition coefficient (Wildman–Crippen LogP) is 3.59. The van der Waals surface area contributed by atoms with Gasteiger partial charge in [0.1, 0.15) is 5.82 Å². The number of carbonyl (C=O) groups excluding carboxylic acids is 1. The lowest BCUT2D eigenvalue weighted by molar-refractivity contribution is -0.385. The van der Waals surface area contributed by atoms with Gasteiger partial charge >= 0.3 is 11.7 Å². The third-order valence-corrected chi connectivity index (χ3v) is 4.68. The lowest BCUT2D eigenvalue weighted by atomic mass is 10.2. The summed E-state index contributed by atoms with van der Waals surface area (Å²) in [6.07, 6.45) is 0.987. The molecule has 3 aromatic rings. The molecule has 0 amide bonds. The van der Waals surface area contributed by atoms with E-state index in [1.807, 2.05) is 0 Å². The molecule has 0 saturated carbocycles. The van der Waals surface area contributed by atoms with Gasteiger partial charge in [0.15, 0.2) is 12.4 Å². The first-order valence-corrected chi connectivity index (χ1v) is 10.3. The van der Waals surface area contributed by atoms with Crippen molar-refractivity contribution >= 4 is 44.7 Å². The van der Waals surface area contributed by atoms with Crippen LogP contribution in [-0.4, -0.2) is 39.5 Å². The Morgan fingerprint density at radius 1 is 1.31 bits per heavy atom. The van der Waals surface area contributed by atoms with Gasteiger partial charge in [-0.15, -0.1) is 0 Å². The van der Waals surface area contributed by atoms with Crippen molar-refractivity contribution in [2.45, 2.75) is 26.9 Å². The summed E-state index contributed by atoms with van der Waals surface area (Å²) in [7, 11) is 0. The second-order valence-electron chi connectivity index (χ2n) is 6.99. The van der Waals surface area contributed by atoms with Crippen LogP contribution in [0.25, 0.3) is 10.9 Å². The van der Waals surface area contributed by atoms with E-state index in [4.69, 9.17) is 9.47 Å². The van der Waals surface area contributed by atoms with E-state index in [0.717, 1.165) is 9.15 Å². The average Bonchev–Trinajstić information content (AvgIpc) is 2.72. The van der Waals surface area contributed by atoms with Gasteiger partial charge in [0.25, 0.3) is 5.56 Å². The molecule has 0 spiro atoms. The number of benzene rings is 2. The summed E-state index contributed by atoms with van der Waals surface area (Å²) in [4.78, 5) is 39.6. The van der Waals surface area contributed by atoms with E-state index in [0.29, 0.717) is 22.3 Å². The molecule has 32 heavy (non-hydrogen) atoms. The summed E-state index contributed by atoms with van der Waals surface area (Å²) in [5, 5.41) is 16.0. The van der Waals surface area contributed by atoms with Gasteiger partial charge in [-0.1, -0.05) is 15.9 Å². The quantitative estimate of drug-likeness (QED) is 0.209. The van der Waals surface area contributed by atoms with Crippen LogP contribution in [0.5, 0.6) is 5.75 Å². The van der Waals surface area contributed by atoms with Crippen LogP contribution in [0.4, 0.5) is 5.69 Å². The highest BCUT2D eigenvalue weighted by molar-refractivity contribution is 9.10. The molecule has 10 nitrogen and oxygen atoms in total. The number of nitro groups is 1. The molecule has 0 N–H and O–H groups in total. The van der Waals surface area contributed by atoms with Gasteiger partial charge in [0, 0.05) is 16.1 Å². The molecule has 0 fully saturated rings. The predicted molar refractivity (Wildman–Crippen MR) is 121 cm³/mol. The van der Waals surface area contributed by atoms with Crippen LogP contribution in [0, 0.1) is 17.0 Å². The number of carbonyl (C=O) groups is 1. The Labute approximate surface area is 190 Å². The number of hydrogen-bond donors (Lipinski definition) is 0. The topological polar surface area (TPSA) is 126 Å². The van der Waals surface area contributed by atoms with Gasteiger partial charge in [0.2, 0.25) is 0 Å². The molecule has 0 aliphatic heterocycles. The van der Waals surface area contributed by atoms with Crippen LogP contribution in [0.15, 0.2) is 50.8 Å². The standard InChI is InChI=1S/C21H19BrN4O6/c1-12(2)32-20(27)11-31-19-7-4-14(8-18(19)26(29)30)10-23-25-13(3)24-17-6-5-15(22)9-16(17)21(25)28/h4-10,12H,11H2,1-3H3. The highest BCUT2D eigenvalue weighted by Gasteiger charge is 2.18. The van der Waals surface area contributed by atoms with Crippen LogP contribution in [0.1, 0.15) is 25.2 Å². The molecule has 166 valence electrons. The Morgan fingerprint density at radius 3 is 2.75 bits per heavy atom. The third-order valence-electron chi connectivity index (χ3n) is 4.18. The number of aromatic nitrogens is 2. The van der Waals surface area contributed by atoms with E-state index < -0.39 is 17.5 Å². The van der Waals surface area contributed by atoms with Crippen LogP contribution in [0.2, 0.25) is 0 Å². The molecular formula is C21H19BrN4O6. The van der Waals surface area contributed by atoms with Crippen LogP contribution in [0.3, 0.4) is 0 Å². The fourth-order valence-electron chi connectivity index (χ4n) is 2.83. The first-order valence-electron chi connectivity index (χ1n) is 9.49. The molecule has 0 aliphatic carbocycles. The van der Waals surface area contributed by atoms with E-state index in [2.05, 4.69) is 26.0 Å². The fourth-order valence-corrected chi connectivity index (χ4v) is 3.19. The second kappa shape index (κ2) is 9.69. The molecule has 1 heterocycles. The first kappa shape index (κ1) is 23.1. The minimum absolute atomic E-state index is 0.0848. The number of ether oxygens (including phenoxy) is 2. The number of nitrogens with zero attached hydrogens (tertiary/aromatic N) is 4. The molecule has 1 aromatic heterocycles. The highest BCUT2D eigenvalue weighted by Crippen LogP contribution is 2.27. The van der Waals surface area contributed by atoms with Crippen LogP contribution in [-0.2, 0) is 9.53 Å². The molecule has 0 saturated heterocycles. The Bertz CT molecular complexity index is 1290. The lowest BCUT2D eigenvalue weighted by Gasteiger charge is -2.09. The number of nitro benzene ring substituents is 1. The zero-order chi connectivity index (χ0) is 23.4. The number of rotatable bonds is 7. The molecular weight excluding hydrogens is 484 g/mol. The van der Waals surface area contributed by atoms with Gasteiger partial charge in [-0.25, -0.2) is 9.78 Å². The Kier molecular flexibility index (Phi) is 6.98. The van der Waals surface area contributed by atoms with E-state index in [1.165, 1.54) is 24.4 Å². The molecule has 0 radical (unpaired) electrons. The zero-order valence-electron chi connectivity index (χ0n) is 17.4. The van der Waals surface area contributed by atoms with Crippen molar-refractivity contribution in [1.82, 2.24) is 9.66 Å². The molecule has 0 atom stereocenters. The largest absolute Gasteiger partial charge is 0.475 e. The Morgan fingerprint density at radius 2 is 2.06 bits per heavy atom. The summed E-state index contributed by atoms with van der Waals surface area (Å²) < 4.78 is 12.0. The summed E-state index contributed by atoms with van der Waals surface area (Å²) >= 11 is 3.33. The minimum atomic E-state index is -0.634. The normalized spacial score (nSPS) is 11.3. The lowest BCUT2D eigenvalue weighted by Crippen LogP contribution is -2.20. The smallest absolute Gasteiger partial charge is 0.344 e. The summed E-state index contributed by atoms with van der Waals surface area (Å²) in [5.74, 6) is -0.358. The van der Waals surface area contributed by atoms with Crippen molar-refractivity contribution in [2.24, 2.45) is 5.10 Å². The number of esters is 1. The van der Waals surface area contributed by atoms with E-state index in [1.54, 1.807) is 39.0 Å². The van der Waals surface area contributed by atoms with Gasteiger partial charge in [-0.3, -0.25) is 14.9 Å². The summed E-state index contributed by atoms with van der Waals surface area (Å²) in [6, 6.07) is 9.27. The minimum Gasteiger partial charge on any atom is -0.475 e. The molecule has 0 aliphatic rings. The monoisotopic (exact) mass is 502 g/mol. The SMILES string of the molecule is Cc1nc2ccc(Br)cc2c(=O)n1N=Cc1ccc(OCC(=O)OC(C)C)c([N+](=O)[O-])c1. The van der Waals surface area contributed by atoms with Crippen molar-refractivity contribution < 1.29 is 19.2 Å². The maximum atomic E-state index is 12.8. The van der Waals surface area contributed by atoms with Gasteiger partial charge < -0.3 is 9.47 Å². The molecule has 0 unspecified atom stereocenters. The molecule has 11 heteroatoms. The maximum absolute atomic E-state index is 12.8. The fraction of sp³-hybridized carbons (Fsp3) is 0.238. The van der Waals surface area contributed by atoms with Crippen molar-refractivity contribution in [2.75, 3.05) is 6.61 Å². The number of halogens is 1. The van der Waals surface area contributed by atoms with Crippen molar-refractivity contribution in [3.8, 4) is 5.75 Å².